The topological polar surface area (TPSA) is 51.0 Å². The highest BCUT2D eigenvalue weighted by Crippen LogP contribution is 2.24. The fourth-order valence-corrected chi connectivity index (χ4v) is 2.36. The lowest BCUT2D eigenvalue weighted by Gasteiger charge is -2.17. The van der Waals surface area contributed by atoms with E-state index in [4.69, 9.17) is 4.52 Å². The molecule has 0 amide bonds. The summed E-state index contributed by atoms with van der Waals surface area (Å²) in [5.41, 5.74) is -0.298. The highest BCUT2D eigenvalue weighted by atomic mass is 79.9. The second-order valence-electron chi connectivity index (χ2n) is 4.63. The van der Waals surface area contributed by atoms with Gasteiger partial charge in [0, 0.05) is 9.37 Å². The molecule has 0 aliphatic heterocycles. The first-order valence-electron chi connectivity index (χ1n) is 5.91. The van der Waals surface area contributed by atoms with Crippen LogP contribution in [-0.4, -0.2) is 17.2 Å². The molecule has 0 aliphatic rings. The van der Waals surface area contributed by atoms with Crippen molar-refractivity contribution in [2.45, 2.75) is 30.0 Å². The zero-order chi connectivity index (χ0) is 13.9. The number of nitrogens with one attached hydrogen (secondary N) is 1. The predicted octanol–water partition coefficient (Wildman–Crippen LogP) is 3.58. The third-order valence-electron chi connectivity index (χ3n) is 2.81. The van der Waals surface area contributed by atoms with Crippen LogP contribution in [0.15, 0.2) is 38.2 Å². The smallest absolute Gasteiger partial charge is 0.246 e. The SMILES string of the molecule is CNC(C)(C)c1nc(CSc2ccc(Br)cc2)no1. The molecule has 1 N–H and O–H groups in total. The molecule has 0 fully saturated rings. The van der Waals surface area contributed by atoms with Crippen LogP contribution < -0.4 is 5.32 Å². The summed E-state index contributed by atoms with van der Waals surface area (Å²) in [4.78, 5) is 5.60. The summed E-state index contributed by atoms with van der Waals surface area (Å²) in [6.45, 7) is 4.01. The van der Waals surface area contributed by atoms with E-state index in [1.165, 1.54) is 4.90 Å². The summed E-state index contributed by atoms with van der Waals surface area (Å²) in [5.74, 6) is 2.03. The van der Waals surface area contributed by atoms with Gasteiger partial charge in [0.2, 0.25) is 5.89 Å². The van der Waals surface area contributed by atoms with E-state index in [0.717, 1.165) is 4.47 Å². The maximum Gasteiger partial charge on any atom is 0.246 e. The Hall–Kier alpha value is -0.850. The molecule has 0 saturated carbocycles. The molecule has 2 rings (SSSR count). The van der Waals surface area contributed by atoms with Crippen LogP contribution in [-0.2, 0) is 11.3 Å². The minimum Gasteiger partial charge on any atom is -0.337 e. The highest BCUT2D eigenvalue weighted by Gasteiger charge is 2.25. The number of rotatable bonds is 5. The van der Waals surface area contributed by atoms with E-state index in [2.05, 4.69) is 43.5 Å². The number of aromatic nitrogens is 2. The molecule has 1 heterocycles. The molecule has 0 radical (unpaired) electrons. The zero-order valence-corrected chi connectivity index (χ0v) is 13.5. The Morgan fingerprint density at radius 3 is 2.63 bits per heavy atom. The van der Waals surface area contributed by atoms with Crippen LogP contribution in [0.4, 0.5) is 0 Å². The largest absolute Gasteiger partial charge is 0.337 e. The molecule has 1 aromatic heterocycles. The molecule has 1 aromatic carbocycles. The molecule has 0 atom stereocenters. The molecule has 0 unspecified atom stereocenters. The number of nitrogens with zero attached hydrogens (tertiary/aromatic N) is 2. The van der Waals surface area contributed by atoms with E-state index < -0.39 is 0 Å². The molecule has 0 aliphatic carbocycles. The molecule has 0 spiro atoms. The molecule has 19 heavy (non-hydrogen) atoms. The van der Waals surface area contributed by atoms with Crippen molar-refractivity contribution in [3.05, 3.63) is 40.5 Å². The Kier molecular flexibility index (Phi) is 4.65. The van der Waals surface area contributed by atoms with Crippen LogP contribution in [0.25, 0.3) is 0 Å². The van der Waals surface area contributed by atoms with E-state index >= 15 is 0 Å². The fourth-order valence-electron chi connectivity index (χ4n) is 1.35. The van der Waals surface area contributed by atoms with Gasteiger partial charge in [0.25, 0.3) is 0 Å². The maximum absolute atomic E-state index is 5.28. The minimum absolute atomic E-state index is 0.298. The monoisotopic (exact) mass is 341 g/mol. The molecule has 102 valence electrons. The average molecular weight is 342 g/mol. The Bertz CT molecular complexity index is 539. The van der Waals surface area contributed by atoms with Gasteiger partial charge in [0.15, 0.2) is 5.82 Å². The van der Waals surface area contributed by atoms with Crippen LogP contribution in [0.2, 0.25) is 0 Å². The second kappa shape index (κ2) is 6.07. The Balaban J connectivity index is 1.99. The van der Waals surface area contributed by atoms with Crippen molar-refractivity contribution in [1.82, 2.24) is 15.5 Å². The maximum atomic E-state index is 5.28. The molecular weight excluding hydrogens is 326 g/mol. The van der Waals surface area contributed by atoms with Crippen LogP contribution in [0.1, 0.15) is 25.6 Å². The third kappa shape index (κ3) is 3.81. The lowest BCUT2D eigenvalue weighted by atomic mass is 10.1. The van der Waals surface area contributed by atoms with Gasteiger partial charge in [0.1, 0.15) is 0 Å². The summed E-state index contributed by atoms with van der Waals surface area (Å²) >= 11 is 5.11. The van der Waals surface area contributed by atoms with Crippen LogP contribution in [0, 0.1) is 0 Å². The fraction of sp³-hybridized carbons (Fsp3) is 0.385. The Labute approximate surface area is 125 Å². The first-order chi connectivity index (χ1) is 9.01. The van der Waals surface area contributed by atoms with Gasteiger partial charge in [-0.15, -0.1) is 11.8 Å². The van der Waals surface area contributed by atoms with Gasteiger partial charge in [-0.05, 0) is 45.2 Å². The van der Waals surface area contributed by atoms with Gasteiger partial charge in [-0.1, -0.05) is 21.1 Å². The van der Waals surface area contributed by atoms with Gasteiger partial charge in [0.05, 0.1) is 11.3 Å². The van der Waals surface area contributed by atoms with Gasteiger partial charge in [-0.3, -0.25) is 0 Å². The molecular formula is C13H16BrN3OS. The Morgan fingerprint density at radius 2 is 2.00 bits per heavy atom. The third-order valence-corrected chi connectivity index (χ3v) is 4.35. The molecule has 0 bridgehead atoms. The number of hydrogen-bond acceptors (Lipinski definition) is 5. The first-order valence-corrected chi connectivity index (χ1v) is 7.69. The van der Waals surface area contributed by atoms with Crippen molar-refractivity contribution >= 4 is 27.7 Å². The van der Waals surface area contributed by atoms with E-state index in [0.29, 0.717) is 17.5 Å². The Morgan fingerprint density at radius 1 is 1.32 bits per heavy atom. The first kappa shape index (κ1) is 14.6. The summed E-state index contributed by atoms with van der Waals surface area (Å²) in [6, 6.07) is 8.17. The van der Waals surface area contributed by atoms with Crippen molar-refractivity contribution in [2.75, 3.05) is 7.05 Å². The zero-order valence-electron chi connectivity index (χ0n) is 11.1. The van der Waals surface area contributed by atoms with E-state index in [1.807, 2.05) is 33.0 Å². The molecule has 4 nitrogen and oxygen atoms in total. The van der Waals surface area contributed by atoms with Gasteiger partial charge >= 0.3 is 0 Å². The van der Waals surface area contributed by atoms with Gasteiger partial charge in [-0.2, -0.15) is 4.98 Å². The number of halogens is 1. The normalized spacial score (nSPS) is 11.8. The van der Waals surface area contributed by atoms with E-state index in [9.17, 15) is 0 Å². The molecule has 6 heteroatoms. The highest BCUT2D eigenvalue weighted by molar-refractivity contribution is 9.10. The molecule has 0 saturated heterocycles. The summed E-state index contributed by atoms with van der Waals surface area (Å²) in [6.07, 6.45) is 0. The van der Waals surface area contributed by atoms with Crippen LogP contribution in [0.5, 0.6) is 0 Å². The minimum atomic E-state index is -0.298. The summed E-state index contributed by atoms with van der Waals surface area (Å²) in [5, 5.41) is 7.15. The van der Waals surface area contributed by atoms with Crippen molar-refractivity contribution in [3.63, 3.8) is 0 Å². The second-order valence-corrected chi connectivity index (χ2v) is 6.60. The number of thioether (sulfide) groups is 1. The lowest BCUT2D eigenvalue weighted by molar-refractivity contribution is 0.280. The van der Waals surface area contributed by atoms with Crippen molar-refractivity contribution in [3.8, 4) is 0 Å². The van der Waals surface area contributed by atoms with E-state index in [-0.39, 0.29) is 5.54 Å². The van der Waals surface area contributed by atoms with Crippen molar-refractivity contribution in [1.29, 1.82) is 0 Å². The van der Waals surface area contributed by atoms with E-state index in [1.54, 1.807) is 11.8 Å². The van der Waals surface area contributed by atoms with Crippen LogP contribution in [0.3, 0.4) is 0 Å². The standard InChI is InChI=1S/C13H16BrN3OS/c1-13(2,15-3)12-16-11(17-18-12)8-19-10-6-4-9(14)5-7-10/h4-7,15H,8H2,1-3H3. The van der Waals surface area contributed by atoms with Crippen molar-refractivity contribution in [2.24, 2.45) is 0 Å². The van der Waals surface area contributed by atoms with Crippen LogP contribution >= 0.6 is 27.7 Å². The predicted molar refractivity (Wildman–Crippen MR) is 80.1 cm³/mol. The molecule has 2 aromatic rings. The van der Waals surface area contributed by atoms with Gasteiger partial charge in [-0.25, -0.2) is 0 Å². The average Bonchev–Trinajstić information content (AvgIpc) is 2.88. The summed E-state index contributed by atoms with van der Waals surface area (Å²) in [7, 11) is 1.88. The lowest BCUT2D eigenvalue weighted by Crippen LogP contribution is -2.33. The number of benzene rings is 1. The summed E-state index contributed by atoms with van der Waals surface area (Å²) < 4.78 is 6.36. The quantitative estimate of drug-likeness (QED) is 0.842. The van der Waals surface area contributed by atoms with Crippen molar-refractivity contribution < 1.29 is 4.52 Å². The van der Waals surface area contributed by atoms with Gasteiger partial charge < -0.3 is 9.84 Å². The number of hydrogen-bond donors (Lipinski definition) is 1.